The predicted octanol–water partition coefficient (Wildman–Crippen LogP) is 4.02. The summed E-state index contributed by atoms with van der Waals surface area (Å²) in [6, 6.07) is 14.9. The number of benzene rings is 2. The third-order valence-electron chi connectivity index (χ3n) is 4.78. The molecule has 0 spiro atoms. The Balaban J connectivity index is 1.38. The number of ether oxygens (including phenoxy) is 2. The second-order valence-electron chi connectivity index (χ2n) is 7.22. The molecule has 2 aromatic carbocycles. The van der Waals surface area contributed by atoms with E-state index in [4.69, 9.17) is 9.47 Å². The lowest BCUT2D eigenvalue weighted by Crippen LogP contribution is -2.37. The summed E-state index contributed by atoms with van der Waals surface area (Å²) < 4.78 is 10.7. The molecule has 0 unspecified atom stereocenters. The van der Waals surface area contributed by atoms with Gasteiger partial charge in [0.2, 0.25) is 5.91 Å². The normalized spacial score (nSPS) is 14.7. The fraction of sp³-hybridized carbons (Fsp3) is 0.292. The van der Waals surface area contributed by atoms with Crippen LogP contribution in [0.2, 0.25) is 0 Å². The molecule has 8 heteroatoms. The van der Waals surface area contributed by atoms with Gasteiger partial charge in [0.1, 0.15) is 11.5 Å². The van der Waals surface area contributed by atoms with E-state index < -0.39 is 0 Å². The predicted molar refractivity (Wildman–Crippen MR) is 125 cm³/mol. The van der Waals surface area contributed by atoms with Gasteiger partial charge in [-0.1, -0.05) is 29.8 Å². The standard InChI is InChI=1S/C24H26N2O5S/c1-17-5-9-20(10-6-17)31-15-3-4-22(27)25-13-14-26-23(28)21(32-24(26)29)16-18-7-11-19(30-2)12-8-18/h5-12,16H,3-4,13-15H2,1-2H3,(H,25,27). The maximum Gasteiger partial charge on any atom is 0.293 e. The van der Waals surface area contributed by atoms with Crippen LogP contribution in [0.1, 0.15) is 24.0 Å². The summed E-state index contributed by atoms with van der Waals surface area (Å²) in [5.74, 6) is 1.00. The van der Waals surface area contributed by atoms with Crippen molar-refractivity contribution in [3.63, 3.8) is 0 Å². The van der Waals surface area contributed by atoms with Crippen molar-refractivity contribution in [3.05, 3.63) is 64.6 Å². The lowest BCUT2D eigenvalue weighted by Gasteiger charge is -2.13. The monoisotopic (exact) mass is 454 g/mol. The number of carbonyl (C=O) groups is 3. The highest BCUT2D eigenvalue weighted by Gasteiger charge is 2.34. The fourth-order valence-corrected chi connectivity index (χ4v) is 3.86. The SMILES string of the molecule is COc1ccc(C=C2SC(=O)N(CCNC(=O)CCCOc3ccc(C)cc3)C2=O)cc1. The number of hydrogen-bond acceptors (Lipinski definition) is 6. The summed E-state index contributed by atoms with van der Waals surface area (Å²) in [4.78, 5) is 38.3. The minimum atomic E-state index is -0.350. The molecule has 0 aliphatic carbocycles. The first-order valence-electron chi connectivity index (χ1n) is 10.3. The van der Waals surface area contributed by atoms with Crippen molar-refractivity contribution in [2.45, 2.75) is 19.8 Å². The highest BCUT2D eigenvalue weighted by Crippen LogP contribution is 2.32. The van der Waals surface area contributed by atoms with E-state index in [0.29, 0.717) is 30.1 Å². The Morgan fingerprint density at radius 2 is 1.75 bits per heavy atom. The van der Waals surface area contributed by atoms with Gasteiger partial charge in [-0.2, -0.15) is 0 Å². The Morgan fingerprint density at radius 1 is 1.06 bits per heavy atom. The highest BCUT2D eigenvalue weighted by atomic mass is 32.2. The van der Waals surface area contributed by atoms with Crippen LogP contribution in [-0.2, 0) is 9.59 Å². The Labute approximate surface area is 191 Å². The molecule has 1 N–H and O–H groups in total. The number of thioether (sulfide) groups is 1. The molecular weight excluding hydrogens is 428 g/mol. The van der Waals surface area contributed by atoms with E-state index in [1.165, 1.54) is 0 Å². The summed E-state index contributed by atoms with van der Waals surface area (Å²) in [6.07, 6.45) is 2.56. The average molecular weight is 455 g/mol. The maximum absolute atomic E-state index is 12.5. The van der Waals surface area contributed by atoms with Crippen LogP contribution in [0.3, 0.4) is 0 Å². The van der Waals surface area contributed by atoms with Crippen molar-refractivity contribution in [1.82, 2.24) is 10.2 Å². The van der Waals surface area contributed by atoms with Crippen LogP contribution in [0.25, 0.3) is 6.08 Å². The van der Waals surface area contributed by atoms with Crippen molar-refractivity contribution in [2.75, 3.05) is 26.8 Å². The average Bonchev–Trinajstić information content (AvgIpc) is 3.05. The van der Waals surface area contributed by atoms with Crippen molar-refractivity contribution >= 4 is 34.9 Å². The zero-order valence-corrected chi connectivity index (χ0v) is 18.9. The molecule has 2 aromatic rings. The van der Waals surface area contributed by atoms with Gasteiger partial charge in [-0.25, -0.2) is 0 Å². The van der Waals surface area contributed by atoms with Crippen LogP contribution in [0.15, 0.2) is 53.4 Å². The van der Waals surface area contributed by atoms with Gasteiger partial charge in [0.15, 0.2) is 0 Å². The van der Waals surface area contributed by atoms with Crippen LogP contribution < -0.4 is 14.8 Å². The van der Waals surface area contributed by atoms with E-state index in [2.05, 4.69) is 5.32 Å². The number of aryl methyl sites for hydroxylation is 1. The number of methoxy groups -OCH3 is 1. The van der Waals surface area contributed by atoms with Crippen LogP contribution in [0.5, 0.6) is 11.5 Å². The molecule has 1 fully saturated rings. The summed E-state index contributed by atoms with van der Waals surface area (Å²) in [5, 5.41) is 2.41. The molecule has 7 nitrogen and oxygen atoms in total. The van der Waals surface area contributed by atoms with Crippen molar-refractivity contribution in [1.29, 1.82) is 0 Å². The first-order valence-corrected chi connectivity index (χ1v) is 11.1. The molecule has 0 bridgehead atoms. The van der Waals surface area contributed by atoms with E-state index >= 15 is 0 Å². The van der Waals surface area contributed by atoms with E-state index in [1.807, 2.05) is 43.3 Å². The summed E-state index contributed by atoms with van der Waals surface area (Å²) in [5.41, 5.74) is 1.96. The molecule has 1 heterocycles. The molecule has 1 aliphatic rings. The number of carbonyl (C=O) groups excluding carboxylic acids is 3. The molecule has 1 aliphatic heterocycles. The minimum Gasteiger partial charge on any atom is -0.497 e. The smallest absolute Gasteiger partial charge is 0.293 e. The van der Waals surface area contributed by atoms with Crippen LogP contribution in [0.4, 0.5) is 4.79 Å². The number of amides is 3. The van der Waals surface area contributed by atoms with Gasteiger partial charge in [-0.05, 0) is 61.0 Å². The van der Waals surface area contributed by atoms with E-state index in [-0.39, 0.29) is 30.1 Å². The van der Waals surface area contributed by atoms with E-state index in [9.17, 15) is 14.4 Å². The molecule has 0 saturated carbocycles. The largest absolute Gasteiger partial charge is 0.497 e. The number of nitrogens with zero attached hydrogens (tertiary/aromatic N) is 1. The first-order chi connectivity index (χ1) is 15.5. The van der Waals surface area contributed by atoms with Gasteiger partial charge in [0, 0.05) is 19.5 Å². The lowest BCUT2D eigenvalue weighted by molar-refractivity contribution is -0.124. The molecule has 0 aromatic heterocycles. The zero-order valence-electron chi connectivity index (χ0n) is 18.1. The third kappa shape index (κ3) is 6.62. The van der Waals surface area contributed by atoms with Crippen LogP contribution in [0, 0.1) is 6.92 Å². The van der Waals surface area contributed by atoms with Crippen molar-refractivity contribution < 1.29 is 23.9 Å². The van der Waals surface area contributed by atoms with Gasteiger partial charge in [-0.15, -0.1) is 0 Å². The molecule has 32 heavy (non-hydrogen) atoms. The lowest BCUT2D eigenvalue weighted by atomic mass is 10.2. The molecule has 3 rings (SSSR count). The first kappa shape index (κ1) is 23.4. The van der Waals surface area contributed by atoms with Gasteiger partial charge < -0.3 is 14.8 Å². The second kappa shape index (κ2) is 11.4. The molecule has 1 saturated heterocycles. The number of imide groups is 1. The van der Waals surface area contributed by atoms with E-state index in [1.54, 1.807) is 25.3 Å². The Hall–Kier alpha value is -3.26. The molecule has 168 valence electrons. The zero-order chi connectivity index (χ0) is 22.9. The summed E-state index contributed by atoms with van der Waals surface area (Å²) >= 11 is 0.899. The topological polar surface area (TPSA) is 84.9 Å². The summed E-state index contributed by atoms with van der Waals surface area (Å²) in [6.45, 7) is 2.80. The molecular formula is C24H26N2O5S. The van der Waals surface area contributed by atoms with Gasteiger partial charge in [-0.3, -0.25) is 19.3 Å². The Kier molecular flexibility index (Phi) is 8.33. The number of nitrogens with one attached hydrogen (secondary N) is 1. The van der Waals surface area contributed by atoms with E-state index in [0.717, 1.165) is 33.5 Å². The van der Waals surface area contributed by atoms with Gasteiger partial charge in [0.25, 0.3) is 11.1 Å². The second-order valence-corrected chi connectivity index (χ2v) is 8.21. The van der Waals surface area contributed by atoms with Gasteiger partial charge >= 0.3 is 0 Å². The van der Waals surface area contributed by atoms with Crippen molar-refractivity contribution in [3.8, 4) is 11.5 Å². The minimum absolute atomic E-state index is 0.135. The third-order valence-corrected chi connectivity index (χ3v) is 5.69. The highest BCUT2D eigenvalue weighted by molar-refractivity contribution is 8.18. The number of hydrogen-bond donors (Lipinski definition) is 1. The maximum atomic E-state index is 12.5. The Bertz CT molecular complexity index is 986. The Morgan fingerprint density at radius 3 is 2.44 bits per heavy atom. The van der Waals surface area contributed by atoms with Crippen LogP contribution >= 0.6 is 11.8 Å². The number of rotatable bonds is 10. The van der Waals surface area contributed by atoms with Crippen LogP contribution in [-0.4, -0.2) is 48.8 Å². The quantitative estimate of drug-likeness (QED) is 0.431. The summed E-state index contributed by atoms with van der Waals surface area (Å²) in [7, 11) is 1.58. The van der Waals surface area contributed by atoms with Crippen molar-refractivity contribution in [2.24, 2.45) is 0 Å². The fourth-order valence-electron chi connectivity index (χ4n) is 3.00. The van der Waals surface area contributed by atoms with Gasteiger partial charge in [0.05, 0.1) is 18.6 Å². The molecule has 0 radical (unpaired) electrons. The molecule has 3 amide bonds. The molecule has 0 atom stereocenters.